The fourth-order valence-electron chi connectivity index (χ4n) is 2.42. The van der Waals surface area contributed by atoms with Gasteiger partial charge in [0.1, 0.15) is 5.82 Å². The van der Waals surface area contributed by atoms with Crippen LogP contribution in [0.3, 0.4) is 0 Å². The fraction of sp³-hybridized carbons (Fsp3) is 0.105. The number of sulfonamides is 1. The molecule has 10 heteroatoms. The number of carbonyl (C=O) groups is 1. The van der Waals surface area contributed by atoms with Gasteiger partial charge >= 0.3 is 0 Å². The Morgan fingerprint density at radius 2 is 1.66 bits per heavy atom. The number of amides is 1. The summed E-state index contributed by atoms with van der Waals surface area (Å²) >= 11 is 5.62. The second-order valence-corrected chi connectivity index (χ2v) is 8.12. The molecule has 0 saturated heterocycles. The van der Waals surface area contributed by atoms with Crippen LogP contribution in [0.1, 0.15) is 12.0 Å². The number of halogens is 2. The van der Waals surface area contributed by atoms with Gasteiger partial charge in [-0.05, 0) is 60.5 Å². The standard InChI is InChI=1S/C19H16ClFN4O3S/c20-17-10-11-18(24-23-17)25-29(27,28)16-8-6-15(7-9-16)22-19(26)12-3-13-1-4-14(21)5-2-13/h1-2,4-11H,3,12H2,(H,22,26)(H,24,25). The first kappa shape index (κ1) is 20.7. The molecule has 1 aromatic heterocycles. The topological polar surface area (TPSA) is 101 Å². The highest BCUT2D eigenvalue weighted by atomic mass is 35.5. The van der Waals surface area contributed by atoms with E-state index in [1.807, 2.05) is 0 Å². The molecule has 0 aliphatic heterocycles. The van der Waals surface area contributed by atoms with Gasteiger partial charge in [0.2, 0.25) is 5.91 Å². The number of carbonyl (C=O) groups excluding carboxylic acids is 1. The molecule has 3 rings (SSSR count). The third kappa shape index (κ3) is 5.97. The van der Waals surface area contributed by atoms with Crippen molar-refractivity contribution >= 4 is 39.0 Å². The first-order valence-electron chi connectivity index (χ1n) is 8.48. The van der Waals surface area contributed by atoms with Gasteiger partial charge in [-0.15, -0.1) is 10.2 Å². The average Bonchev–Trinajstić information content (AvgIpc) is 2.70. The van der Waals surface area contributed by atoms with Crippen LogP contribution in [0.15, 0.2) is 65.6 Å². The normalized spacial score (nSPS) is 11.1. The molecule has 0 radical (unpaired) electrons. The van der Waals surface area contributed by atoms with Crippen LogP contribution < -0.4 is 10.0 Å². The molecule has 29 heavy (non-hydrogen) atoms. The molecule has 0 aliphatic carbocycles. The Kier molecular flexibility index (Phi) is 6.40. The minimum atomic E-state index is -3.86. The first-order valence-corrected chi connectivity index (χ1v) is 10.3. The summed E-state index contributed by atoms with van der Waals surface area (Å²) in [4.78, 5) is 12.1. The lowest BCUT2D eigenvalue weighted by atomic mass is 10.1. The average molecular weight is 435 g/mol. The van der Waals surface area contributed by atoms with E-state index in [1.54, 1.807) is 12.1 Å². The SMILES string of the molecule is O=C(CCc1ccc(F)cc1)Nc1ccc(S(=O)(=O)Nc2ccc(Cl)nn2)cc1. The highest BCUT2D eigenvalue weighted by molar-refractivity contribution is 7.92. The van der Waals surface area contributed by atoms with Gasteiger partial charge in [-0.25, -0.2) is 12.8 Å². The van der Waals surface area contributed by atoms with Crippen molar-refractivity contribution < 1.29 is 17.6 Å². The number of aryl methyl sites for hydroxylation is 1. The summed E-state index contributed by atoms with van der Waals surface area (Å²) in [6.07, 6.45) is 0.674. The maximum absolute atomic E-state index is 12.9. The van der Waals surface area contributed by atoms with E-state index in [0.29, 0.717) is 12.1 Å². The molecule has 0 saturated carbocycles. The number of aromatic nitrogens is 2. The van der Waals surface area contributed by atoms with Crippen LogP contribution in [0.5, 0.6) is 0 Å². The molecule has 0 spiro atoms. The summed E-state index contributed by atoms with van der Waals surface area (Å²) in [6.45, 7) is 0. The third-order valence-electron chi connectivity index (χ3n) is 3.87. The van der Waals surface area contributed by atoms with Gasteiger partial charge in [-0.2, -0.15) is 0 Å². The van der Waals surface area contributed by atoms with Gasteiger partial charge in [0.25, 0.3) is 10.0 Å². The molecule has 0 aliphatic rings. The van der Waals surface area contributed by atoms with Crippen LogP contribution in [0, 0.1) is 5.82 Å². The lowest BCUT2D eigenvalue weighted by Gasteiger charge is -2.09. The quantitative estimate of drug-likeness (QED) is 0.591. The molecule has 3 aromatic rings. The Morgan fingerprint density at radius 3 is 2.28 bits per heavy atom. The van der Waals surface area contributed by atoms with Crippen molar-refractivity contribution in [2.45, 2.75) is 17.7 Å². The molecule has 2 N–H and O–H groups in total. The minimum absolute atomic E-state index is 0.00133. The van der Waals surface area contributed by atoms with Gasteiger partial charge in [0.15, 0.2) is 11.0 Å². The number of rotatable bonds is 7. The zero-order valence-electron chi connectivity index (χ0n) is 15.0. The van der Waals surface area contributed by atoms with E-state index < -0.39 is 10.0 Å². The van der Waals surface area contributed by atoms with Gasteiger partial charge in [-0.3, -0.25) is 9.52 Å². The smallest absolute Gasteiger partial charge is 0.263 e. The molecule has 0 bridgehead atoms. The molecule has 1 heterocycles. The Labute approximate surface area is 172 Å². The molecule has 0 unspecified atom stereocenters. The number of anilines is 2. The molecule has 0 fully saturated rings. The summed E-state index contributed by atoms with van der Waals surface area (Å²) in [6, 6.07) is 14.4. The van der Waals surface area contributed by atoms with Gasteiger partial charge in [0, 0.05) is 12.1 Å². The van der Waals surface area contributed by atoms with Crippen LogP contribution in [0.2, 0.25) is 5.15 Å². The van der Waals surface area contributed by atoms with Crippen molar-refractivity contribution in [2.24, 2.45) is 0 Å². The number of benzene rings is 2. The van der Waals surface area contributed by atoms with Crippen molar-refractivity contribution in [3.8, 4) is 0 Å². The van der Waals surface area contributed by atoms with E-state index in [0.717, 1.165) is 5.56 Å². The molecule has 2 aromatic carbocycles. The maximum atomic E-state index is 12.9. The van der Waals surface area contributed by atoms with Crippen molar-refractivity contribution in [3.05, 3.63) is 77.2 Å². The highest BCUT2D eigenvalue weighted by Crippen LogP contribution is 2.18. The summed E-state index contributed by atoms with van der Waals surface area (Å²) < 4.78 is 39.9. The Balaban J connectivity index is 1.58. The van der Waals surface area contributed by atoms with E-state index >= 15 is 0 Å². The second kappa shape index (κ2) is 8.97. The Bertz CT molecular complexity index is 1090. The zero-order chi connectivity index (χ0) is 20.9. The van der Waals surface area contributed by atoms with E-state index in [4.69, 9.17) is 11.6 Å². The Hall–Kier alpha value is -3.04. The van der Waals surface area contributed by atoms with E-state index in [9.17, 15) is 17.6 Å². The summed E-state index contributed by atoms with van der Waals surface area (Å²) in [5.41, 5.74) is 1.30. The van der Waals surface area contributed by atoms with E-state index in [-0.39, 0.29) is 34.0 Å². The highest BCUT2D eigenvalue weighted by Gasteiger charge is 2.15. The van der Waals surface area contributed by atoms with E-state index in [2.05, 4.69) is 20.2 Å². The van der Waals surface area contributed by atoms with Gasteiger partial charge in [0.05, 0.1) is 4.90 Å². The van der Waals surface area contributed by atoms with Gasteiger partial charge < -0.3 is 5.32 Å². The predicted molar refractivity (Wildman–Crippen MR) is 108 cm³/mol. The Morgan fingerprint density at radius 1 is 0.966 bits per heavy atom. The lowest BCUT2D eigenvalue weighted by Crippen LogP contribution is -2.15. The van der Waals surface area contributed by atoms with Crippen molar-refractivity contribution in [3.63, 3.8) is 0 Å². The van der Waals surface area contributed by atoms with Crippen LogP contribution in [0.25, 0.3) is 0 Å². The summed E-state index contributed by atoms with van der Waals surface area (Å²) in [5.74, 6) is -0.530. The number of nitrogens with zero attached hydrogens (tertiary/aromatic N) is 2. The number of nitrogens with one attached hydrogen (secondary N) is 2. The molecule has 1 amide bonds. The van der Waals surface area contributed by atoms with Crippen molar-refractivity contribution in [1.82, 2.24) is 10.2 Å². The van der Waals surface area contributed by atoms with Crippen LogP contribution in [-0.2, 0) is 21.2 Å². The third-order valence-corrected chi connectivity index (χ3v) is 5.45. The summed E-state index contributed by atoms with van der Waals surface area (Å²) in [7, 11) is -3.86. The van der Waals surface area contributed by atoms with Gasteiger partial charge in [-0.1, -0.05) is 23.7 Å². The zero-order valence-corrected chi connectivity index (χ0v) is 16.5. The number of hydrogen-bond donors (Lipinski definition) is 2. The molecule has 150 valence electrons. The first-order chi connectivity index (χ1) is 13.8. The molecule has 7 nitrogen and oxygen atoms in total. The fourth-order valence-corrected chi connectivity index (χ4v) is 3.51. The van der Waals surface area contributed by atoms with Crippen LogP contribution in [-0.4, -0.2) is 24.5 Å². The molecular weight excluding hydrogens is 419 g/mol. The van der Waals surface area contributed by atoms with Crippen molar-refractivity contribution in [1.29, 1.82) is 0 Å². The predicted octanol–water partition coefficient (Wildman–Crippen LogP) is 3.64. The summed E-state index contributed by atoms with van der Waals surface area (Å²) in [5, 5.41) is 10.1. The van der Waals surface area contributed by atoms with Crippen LogP contribution in [0.4, 0.5) is 15.9 Å². The van der Waals surface area contributed by atoms with Crippen molar-refractivity contribution in [2.75, 3.05) is 10.0 Å². The lowest BCUT2D eigenvalue weighted by molar-refractivity contribution is -0.116. The molecular formula is C19H16ClFN4O3S. The monoisotopic (exact) mass is 434 g/mol. The largest absolute Gasteiger partial charge is 0.326 e. The molecule has 0 atom stereocenters. The maximum Gasteiger partial charge on any atom is 0.263 e. The van der Waals surface area contributed by atoms with E-state index in [1.165, 1.54) is 48.5 Å². The number of hydrogen-bond acceptors (Lipinski definition) is 5. The second-order valence-electron chi connectivity index (χ2n) is 6.05. The van der Waals surface area contributed by atoms with Crippen LogP contribution >= 0.6 is 11.6 Å². The minimum Gasteiger partial charge on any atom is -0.326 e.